The molecule has 6 heteroatoms. The highest BCUT2D eigenvalue weighted by Crippen LogP contribution is 2.27. The molecule has 6 nitrogen and oxygen atoms in total. The zero-order valence-electron chi connectivity index (χ0n) is 8.71. The summed E-state index contributed by atoms with van der Waals surface area (Å²) in [5.74, 6) is 0.0756. The van der Waals surface area contributed by atoms with E-state index in [1.54, 1.807) is 0 Å². The highest BCUT2D eigenvalue weighted by molar-refractivity contribution is 5.76. The van der Waals surface area contributed by atoms with Gasteiger partial charge in [0.25, 0.3) is 0 Å². The van der Waals surface area contributed by atoms with Gasteiger partial charge in [-0.1, -0.05) is 0 Å². The first-order valence-electron chi connectivity index (χ1n) is 4.54. The van der Waals surface area contributed by atoms with Gasteiger partial charge in [-0.15, -0.1) is 0 Å². The Labute approximate surface area is 91.9 Å². The van der Waals surface area contributed by atoms with Crippen molar-refractivity contribution in [1.82, 2.24) is 0 Å². The van der Waals surface area contributed by atoms with Gasteiger partial charge in [-0.3, -0.25) is 14.9 Å². The molecule has 0 amide bonds. The lowest BCUT2D eigenvalue weighted by molar-refractivity contribution is -0.385. The molecule has 0 unspecified atom stereocenters. The van der Waals surface area contributed by atoms with E-state index in [0.717, 1.165) is 0 Å². The van der Waals surface area contributed by atoms with Crippen molar-refractivity contribution in [2.75, 3.05) is 20.3 Å². The number of carbonyl (C=O) groups is 1. The molecular formula is C10H11NO5. The van der Waals surface area contributed by atoms with Crippen molar-refractivity contribution in [3.63, 3.8) is 0 Å². The molecule has 86 valence electrons. The molecule has 0 aliphatic rings. The van der Waals surface area contributed by atoms with E-state index in [2.05, 4.69) is 0 Å². The summed E-state index contributed by atoms with van der Waals surface area (Å²) in [5.41, 5.74) is 0.166. The van der Waals surface area contributed by atoms with Gasteiger partial charge in [-0.05, 0) is 12.1 Å². The highest BCUT2D eigenvalue weighted by Gasteiger charge is 2.15. The first-order valence-corrected chi connectivity index (χ1v) is 4.54. The van der Waals surface area contributed by atoms with Gasteiger partial charge in [0.1, 0.15) is 12.9 Å². The molecule has 0 aliphatic heterocycles. The van der Waals surface area contributed by atoms with Crippen LogP contribution in [0, 0.1) is 10.1 Å². The van der Waals surface area contributed by atoms with Gasteiger partial charge in [0.2, 0.25) is 0 Å². The number of hydrogen-bond donors (Lipinski definition) is 0. The normalized spacial score (nSPS) is 9.81. The van der Waals surface area contributed by atoms with Crippen molar-refractivity contribution in [3.8, 4) is 5.75 Å². The van der Waals surface area contributed by atoms with E-state index in [1.165, 1.54) is 25.3 Å². The predicted molar refractivity (Wildman–Crippen MR) is 55.9 cm³/mol. The van der Waals surface area contributed by atoms with Gasteiger partial charge in [0.15, 0.2) is 5.75 Å². The molecule has 0 saturated carbocycles. The minimum Gasteiger partial charge on any atom is -0.484 e. The molecule has 0 aromatic heterocycles. The number of rotatable bonds is 6. The number of benzene rings is 1. The molecule has 0 spiro atoms. The lowest BCUT2D eigenvalue weighted by Gasteiger charge is -2.06. The van der Waals surface area contributed by atoms with Crippen LogP contribution in [0.3, 0.4) is 0 Å². The van der Waals surface area contributed by atoms with Gasteiger partial charge in [0.05, 0.1) is 11.5 Å². The van der Waals surface area contributed by atoms with Crippen LogP contribution >= 0.6 is 0 Å². The molecule has 0 fully saturated rings. The quantitative estimate of drug-likeness (QED) is 0.316. The lowest BCUT2D eigenvalue weighted by atomic mass is 10.2. The first kappa shape index (κ1) is 12.1. The summed E-state index contributed by atoms with van der Waals surface area (Å²) < 4.78 is 9.91. The first-order chi connectivity index (χ1) is 7.69. The summed E-state index contributed by atoms with van der Waals surface area (Å²) in [6.07, 6.45) is 0.604. The fraction of sp³-hybridized carbons (Fsp3) is 0.300. The Hall–Kier alpha value is -1.95. The van der Waals surface area contributed by atoms with E-state index in [9.17, 15) is 14.9 Å². The standard InChI is InChI=1S/C10H11NO5/c1-15-4-5-16-10-6-8(7-12)2-3-9(10)11(13)14/h2-3,6-7H,4-5H2,1H3. The third-order valence-corrected chi connectivity index (χ3v) is 1.86. The van der Waals surface area contributed by atoms with Crippen LogP contribution in [0.2, 0.25) is 0 Å². The summed E-state index contributed by atoms with van der Waals surface area (Å²) >= 11 is 0. The Bertz CT molecular complexity index is 391. The zero-order chi connectivity index (χ0) is 12.0. The maximum atomic E-state index is 10.7. The zero-order valence-corrected chi connectivity index (χ0v) is 8.71. The lowest BCUT2D eigenvalue weighted by Crippen LogP contribution is -2.06. The molecular weight excluding hydrogens is 214 g/mol. The van der Waals surface area contributed by atoms with Gasteiger partial charge < -0.3 is 9.47 Å². The van der Waals surface area contributed by atoms with Crippen LogP contribution in [0.1, 0.15) is 10.4 Å². The van der Waals surface area contributed by atoms with Crippen molar-refractivity contribution in [1.29, 1.82) is 0 Å². The molecule has 0 bridgehead atoms. The second-order valence-electron chi connectivity index (χ2n) is 2.94. The maximum absolute atomic E-state index is 10.7. The molecule has 0 N–H and O–H groups in total. The van der Waals surface area contributed by atoms with Crippen molar-refractivity contribution < 1.29 is 19.2 Å². The van der Waals surface area contributed by atoms with E-state index >= 15 is 0 Å². The van der Waals surface area contributed by atoms with Crippen LogP contribution in [0.5, 0.6) is 5.75 Å². The number of methoxy groups -OCH3 is 1. The molecule has 0 heterocycles. The number of nitrogens with zero attached hydrogens (tertiary/aromatic N) is 1. The smallest absolute Gasteiger partial charge is 0.310 e. The third kappa shape index (κ3) is 3.03. The summed E-state index contributed by atoms with van der Waals surface area (Å²) in [7, 11) is 1.50. The van der Waals surface area contributed by atoms with Crippen LogP contribution in [-0.2, 0) is 4.74 Å². The second kappa shape index (κ2) is 5.82. The van der Waals surface area contributed by atoms with E-state index in [0.29, 0.717) is 18.5 Å². The molecule has 1 aromatic carbocycles. The molecule has 16 heavy (non-hydrogen) atoms. The van der Waals surface area contributed by atoms with Gasteiger partial charge in [-0.2, -0.15) is 0 Å². The number of aldehydes is 1. The average Bonchev–Trinajstić information content (AvgIpc) is 2.29. The van der Waals surface area contributed by atoms with Crippen LogP contribution in [-0.4, -0.2) is 31.5 Å². The van der Waals surface area contributed by atoms with E-state index in [1.807, 2.05) is 0 Å². The monoisotopic (exact) mass is 225 g/mol. The number of nitro groups is 1. The fourth-order valence-corrected chi connectivity index (χ4v) is 1.11. The Morgan fingerprint density at radius 1 is 1.44 bits per heavy atom. The molecule has 1 aromatic rings. The third-order valence-electron chi connectivity index (χ3n) is 1.86. The summed E-state index contributed by atoms with van der Waals surface area (Å²) in [6.45, 7) is 0.516. The average molecular weight is 225 g/mol. The Morgan fingerprint density at radius 2 is 2.19 bits per heavy atom. The number of carbonyl (C=O) groups excluding carboxylic acids is 1. The maximum Gasteiger partial charge on any atom is 0.310 e. The molecule has 0 atom stereocenters. The molecule has 0 aliphatic carbocycles. The van der Waals surface area contributed by atoms with Crippen molar-refractivity contribution in [2.45, 2.75) is 0 Å². The van der Waals surface area contributed by atoms with E-state index < -0.39 is 4.92 Å². The number of nitro benzene ring substituents is 1. The Balaban J connectivity index is 2.91. The Kier molecular flexibility index (Phi) is 4.41. The summed E-state index contributed by atoms with van der Waals surface area (Å²) in [4.78, 5) is 20.6. The van der Waals surface area contributed by atoms with Gasteiger partial charge in [0, 0.05) is 18.7 Å². The SMILES string of the molecule is COCCOc1cc(C=O)ccc1[N+](=O)[O-]. The van der Waals surface area contributed by atoms with E-state index in [4.69, 9.17) is 9.47 Å². The second-order valence-corrected chi connectivity index (χ2v) is 2.94. The van der Waals surface area contributed by atoms with Crippen LogP contribution in [0.15, 0.2) is 18.2 Å². The molecule has 0 radical (unpaired) electrons. The number of hydrogen-bond acceptors (Lipinski definition) is 5. The Morgan fingerprint density at radius 3 is 2.75 bits per heavy atom. The topological polar surface area (TPSA) is 78.7 Å². The highest BCUT2D eigenvalue weighted by atomic mass is 16.6. The minimum atomic E-state index is -0.559. The number of ether oxygens (including phenoxy) is 2. The molecule has 1 rings (SSSR count). The van der Waals surface area contributed by atoms with Crippen molar-refractivity contribution >= 4 is 12.0 Å². The largest absolute Gasteiger partial charge is 0.484 e. The van der Waals surface area contributed by atoms with Gasteiger partial charge in [-0.25, -0.2) is 0 Å². The van der Waals surface area contributed by atoms with E-state index in [-0.39, 0.29) is 18.0 Å². The summed E-state index contributed by atoms with van der Waals surface area (Å²) in [5, 5.41) is 10.7. The molecule has 0 saturated heterocycles. The minimum absolute atomic E-state index is 0.0756. The summed E-state index contributed by atoms with van der Waals surface area (Å²) in [6, 6.07) is 3.95. The fourth-order valence-electron chi connectivity index (χ4n) is 1.11. The van der Waals surface area contributed by atoms with Crippen LogP contribution in [0.4, 0.5) is 5.69 Å². The van der Waals surface area contributed by atoms with Crippen molar-refractivity contribution in [3.05, 3.63) is 33.9 Å². The van der Waals surface area contributed by atoms with Gasteiger partial charge >= 0.3 is 5.69 Å². The predicted octanol–water partition coefficient (Wildman–Crippen LogP) is 1.43. The van der Waals surface area contributed by atoms with Crippen LogP contribution in [0.25, 0.3) is 0 Å². The van der Waals surface area contributed by atoms with Crippen molar-refractivity contribution in [2.24, 2.45) is 0 Å². The van der Waals surface area contributed by atoms with Crippen LogP contribution < -0.4 is 4.74 Å².